The quantitative estimate of drug-likeness (QED) is 0.345. The number of likely N-dealkylation sites (tertiary alicyclic amines) is 1. The molecule has 5 rings (SSSR count). The van der Waals surface area contributed by atoms with E-state index in [2.05, 4.69) is 27.2 Å². The number of hydrogen-bond acceptors (Lipinski definition) is 7. The minimum atomic E-state index is -0.0157. The van der Waals surface area contributed by atoms with E-state index < -0.39 is 0 Å². The first kappa shape index (κ1) is 22.2. The molecule has 34 heavy (non-hydrogen) atoms. The maximum absolute atomic E-state index is 9.52. The lowest BCUT2D eigenvalue weighted by Gasteiger charge is -2.30. The molecule has 0 N–H and O–H groups in total. The van der Waals surface area contributed by atoms with Crippen molar-refractivity contribution in [3.63, 3.8) is 0 Å². The van der Waals surface area contributed by atoms with E-state index >= 15 is 0 Å². The molecule has 0 amide bonds. The molecule has 7 nitrogen and oxygen atoms in total. The average molecular weight is 457 g/mol. The number of nitrogens with zero attached hydrogens (tertiary/aromatic N) is 4. The molecule has 2 aromatic carbocycles. The number of ether oxygens (including phenoxy) is 2. The topological polar surface area (TPSA) is 84.4 Å². The average Bonchev–Trinajstić information content (AvgIpc) is 3.45. The highest BCUT2D eigenvalue weighted by Crippen LogP contribution is 2.38. The molecular weight excluding hydrogens is 428 g/mol. The van der Waals surface area contributed by atoms with Crippen LogP contribution in [-0.4, -0.2) is 47.4 Å². The van der Waals surface area contributed by atoms with Gasteiger partial charge in [0, 0.05) is 17.7 Å². The van der Waals surface area contributed by atoms with Gasteiger partial charge in [-0.05, 0) is 81.1 Å². The highest BCUT2D eigenvalue weighted by molar-refractivity contribution is 5.79. The maximum atomic E-state index is 9.52. The smallest absolute Gasteiger partial charge is 0.258 e. The number of rotatable bonds is 8. The molecule has 2 heterocycles. The first-order valence-corrected chi connectivity index (χ1v) is 11.8. The number of nitriles is 1. The summed E-state index contributed by atoms with van der Waals surface area (Å²) in [4.78, 5) is 7.05. The molecule has 0 radical (unpaired) electrons. The lowest BCUT2D eigenvalue weighted by Crippen LogP contribution is -2.39. The molecule has 0 atom stereocenters. The normalized spacial score (nSPS) is 16.4. The largest absolute Gasteiger partial charge is 0.500 e. The molecule has 0 spiro atoms. The van der Waals surface area contributed by atoms with Crippen molar-refractivity contribution in [3.8, 4) is 34.7 Å². The van der Waals surface area contributed by atoms with Crippen molar-refractivity contribution in [1.82, 2.24) is 15.0 Å². The van der Waals surface area contributed by atoms with E-state index in [0.29, 0.717) is 28.6 Å². The third-order valence-corrected chi connectivity index (χ3v) is 6.24. The Bertz CT molecular complexity index is 1250. The zero-order valence-corrected chi connectivity index (χ0v) is 19.6. The Hall–Kier alpha value is -3.63. The van der Waals surface area contributed by atoms with Gasteiger partial charge in [0.2, 0.25) is 5.82 Å². The van der Waals surface area contributed by atoms with E-state index in [1.807, 2.05) is 38.3 Å². The van der Waals surface area contributed by atoms with Crippen LogP contribution in [0, 0.1) is 11.3 Å². The summed E-state index contributed by atoms with van der Waals surface area (Å²) in [6, 6.07) is 13.7. The molecule has 1 aliphatic carbocycles. The third kappa shape index (κ3) is 4.55. The summed E-state index contributed by atoms with van der Waals surface area (Å²) in [5, 5.41) is 13.8. The Kier molecular flexibility index (Phi) is 6.33. The lowest BCUT2D eigenvalue weighted by molar-refractivity contribution is 0.129. The number of hydrogen-bond donors (Lipinski definition) is 0. The van der Waals surface area contributed by atoms with Crippen molar-refractivity contribution in [1.29, 1.82) is 5.26 Å². The fraction of sp³-hybridized carbons (Fsp3) is 0.370. The maximum Gasteiger partial charge on any atom is 0.258 e. The Morgan fingerprint density at radius 3 is 2.79 bits per heavy atom. The van der Waals surface area contributed by atoms with Gasteiger partial charge < -0.3 is 14.0 Å². The van der Waals surface area contributed by atoms with Crippen molar-refractivity contribution < 1.29 is 14.0 Å². The Labute approximate surface area is 199 Å². The summed E-state index contributed by atoms with van der Waals surface area (Å²) in [5.74, 6) is 1.48. The van der Waals surface area contributed by atoms with Gasteiger partial charge in [0.15, 0.2) is 0 Å². The van der Waals surface area contributed by atoms with Gasteiger partial charge in [-0.3, -0.25) is 4.90 Å². The molecule has 1 fully saturated rings. The van der Waals surface area contributed by atoms with E-state index in [0.717, 1.165) is 31.6 Å². The van der Waals surface area contributed by atoms with Crippen molar-refractivity contribution in [2.24, 2.45) is 0 Å². The van der Waals surface area contributed by atoms with Crippen molar-refractivity contribution in [2.45, 2.75) is 39.2 Å². The second-order valence-electron chi connectivity index (χ2n) is 8.95. The van der Waals surface area contributed by atoms with Gasteiger partial charge >= 0.3 is 0 Å². The van der Waals surface area contributed by atoms with Crippen LogP contribution in [0.2, 0.25) is 0 Å². The standard InChI is InChI=1S/C27H28N4O3/c1-18(2)33-25-10-8-19(15-21(25)16-28)27-29-26(30-34-27)24-6-3-5-22-20(7-9-23(22)24)17-32-14-13-31-11-4-12-31/h3,5-6,8,10,15,17-18H,4,7,9,11-14H2,1-2H3/b20-17+. The first-order chi connectivity index (χ1) is 16.6. The van der Waals surface area contributed by atoms with Crippen LogP contribution in [0.1, 0.15) is 43.4 Å². The van der Waals surface area contributed by atoms with Gasteiger partial charge in [-0.2, -0.15) is 10.2 Å². The molecule has 2 aliphatic rings. The predicted molar refractivity (Wildman–Crippen MR) is 129 cm³/mol. The molecule has 0 unspecified atom stereocenters. The molecule has 7 heteroatoms. The van der Waals surface area contributed by atoms with Gasteiger partial charge in [-0.15, -0.1) is 0 Å². The summed E-state index contributed by atoms with van der Waals surface area (Å²) in [6.45, 7) is 7.94. The van der Waals surface area contributed by atoms with Crippen LogP contribution in [0.15, 0.2) is 47.2 Å². The summed E-state index contributed by atoms with van der Waals surface area (Å²) >= 11 is 0. The second kappa shape index (κ2) is 9.70. The summed E-state index contributed by atoms with van der Waals surface area (Å²) < 4.78 is 17.1. The van der Waals surface area contributed by atoms with Gasteiger partial charge in [0.25, 0.3) is 5.89 Å². The molecule has 0 bridgehead atoms. The van der Waals surface area contributed by atoms with Gasteiger partial charge in [-0.1, -0.05) is 23.4 Å². The molecule has 0 saturated carbocycles. The van der Waals surface area contributed by atoms with E-state index in [1.54, 1.807) is 12.1 Å². The number of benzene rings is 2. The number of fused-ring (bicyclic) bond motifs is 1. The van der Waals surface area contributed by atoms with Crippen LogP contribution < -0.4 is 4.74 Å². The van der Waals surface area contributed by atoms with E-state index in [4.69, 9.17) is 14.0 Å². The number of allylic oxidation sites excluding steroid dienone is 1. The zero-order chi connectivity index (χ0) is 23.5. The van der Waals surface area contributed by atoms with Gasteiger partial charge in [0.05, 0.1) is 24.5 Å². The SMILES string of the molecule is CC(C)Oc1ccc(-c2nc(-c3cccc4c3CC/C4=C\OCCN3CCC3)no2)cc1C#N. The Balaban J connectivity index is 1.35. The first-order valence-electron chi connectivity index (χ1n) is 11.8. The minimum absolute atomic E-state index is 0.0157. The molecule has 1 aliphatic heterocycles. The molecular formula is C27H28N4O3. The lowest BCUT2D eigenvalue weighted by atomic mass is 10.0. The zero-order valence-electron chi connectivity index (χ0n) is 19.6. The molecule has 1 aromatic heterocycles. The fourth-order valence-electron chi connectivity index (χ4n) is 4.39. The van der Waals surface area contributed by atoms with Crippen LogP contribution in [0.4, 0.5) is 0 Å². The molecule has 3 aromatic rings. The van der Waals surface area contributed by atoms with Crippen LogP contribution in [0.3, 0.4) is 0 Å². The second-order valence-corrected chi connectivity index (χ2v) is 8.95. The Morgan fingerprint density at radius 1 is 1.18 bits per heavy atom. The molecule has 1 saturated heterocycles. The highest BCUT2D eigenvalue weighted by atomic mass is 16.5. The van der Waals surface area contributed by atoms with Crippen LogP contribution in [-0.2, 0) is 11.2 Å². The van der Waals surface area contributed by atoms with Crippen LogP contribution in [0.5, 0.6) is 5.75 Å². The van der Waals surface area contributed by atoms with E-state index in [9.17, 15) is 5.26 Å². The van der Waals surface area contributed by atoms with Gasteiger partial charge in [-0.25, -0.2) is 0 Å². The third-order valence-electron chi connectivity index (χ3n) is 6.24. The van der Waals surface area contributed by atoms with Crippen LogP contribution >= 0.6 is 0 Å². The number of aromatic nitrogens is 2. The Morgan fingerprint density at radius 2 is 2.03 bits per heavy atom. The van der Waals surface area contributed by atoms with E-state index in [1.165, 1.54) is 36.2 Å². The fourth-order valence-corrected chi connectivity index (χ4v) is 4.39. The van der Waals surface area contributed by atoms with Gasteiger partial charge in [0.1, 0.15) is 11.8 Å². The van der Waals surface area contributed by atoms with Crippen LogP contribution in [0.25, 0.3) is 28.4 Å². The summed E-state index contributed by atoms with van der Waals surface area (Å²) in [5.41, 5.74) is 5.71. The van der Waals surface area contributed by atoms with Crippen molar-refractivity contribution in [2.75, 3.05) is 26.2 Å². The molecule has 174 valence electrons. The van der Waals surface area contributed by atoms with Crippen molar-refractivity contribution >= 4 is 5.57 Å². The minimum Gasteiger partial charge on any atom is -0.500 e. The van der Waals surface area contributed by atoms with Crippen molar-refractivity contribution in [3.05, 3.63) is 59.4 Å². The monoisotopic (exact) mass is 456 g/mol. The summed E-state index contributed by atoms with van der Waals surface area (Å²) in [7, 11) is 0. The highest BCUT2D eigenvalue weighted by Gasteiger charge is 2.23. The van der Waals surface area contributed by atoms with E-state index in [-0.39, 0.29) is 6.10 Å². The summed E-state index contributed by atoms with van der Waals surface area (Å²) in [6.07, 6.45) is 5.05. The predicted octanol–water partition coefficient (Wildman–Crippen LogP) is 5.07.